The number of anilines is 3. The van der Waals surface area contributed by atoms with Crippen LogP contribution in [0.15, 0.2) is 40.0 Å². The van der Waals surface area contributed by atoms with E-state index in [-0.39, 0.29) is 50.3 Å². The molecule has 1 amide bonds. The number of hydrogen-bond donors (Lipinski definition) is 4. The number of hydrazone groups is 1. The molecule has 1 fully saturated rings. The molecule has 0 atom stereocenters. The number of rotatable bonds is 8. The molecule has 0 aliphatic carbocycles. The van der Waals surface area contributed by atoms with Gasteiger partial charge in [-0.2, -0.15) is 10.1 Å². The Hall–Kier alpha value is -3.39. The number of carbonyl (C=O) groups is 1. The van der Waals surface area contributed by atoms with E-state index in [9.17, 15) is 19.4 Å². The number of nitrogens with one attached hydrogen (secondary N) is 2. The van der Waals surface area contributed by atoms with Gasteiger partial charge in [-0.15, -0.1) is 0 Å². The van der Waals surface area contributed by atoms with Gasteiger partial charge in [0.25, 0.3) is 5.91 Å². The van der Waals surface area contributed by atoms with E-state index in [4.69, 9.17) is 32.7 Å². The second kappa shape index (κ2) is 12.4. The molecule has 0 saturated carbocycles. The van der Waals surface area contributed by atoms with Gasteiger partial charge >= 0.3 is 0 Å². The Kier molecular flexibility index (Phi) is 9.05. The SMILES string of the molecule is O=C(COc1ccc(/C=N\Nc2ncc(F)c(N3CCOCC3)n2)c(O)c1Cl)Nc1cc(Br)cc(Cl)c1O. The first-order valence-electron chi connectivity index (χ1n) is 11.0. The normalized spacial score (nSPS) is 13.5. The summed E-state index contributed by atoms with van der Waals surface area (Å²) in [7, 11) is 0. The van der Waals surface area contributed by atoms with Crippen molar-refractivity contribution < 1.29 is 28.9 Å². The number of hydrogen-bond acceptors (Lipinski definition) is 10. The summed E-state index contributed by atoms with van der Waals surface area (Å²) in [6, 6.07) is 5.85. The maximum absolute atomic E-state index is 14.2. The van der Waals surface area contributed by atoms with Crippen molar-refractivity contribution in [2.75, 3.05) is 48.6 Å². The van der Waals surface area contributed by atoms with Crippen molar-refractivity contribution in [3.63, 3.8) is 0 Å². The molecule has 4 rings (SSSR count). The molecule has 0 radical (unpaired) electrons. The quantitative estimate of drug-likeness (QED) is 0.162. The standard InChI is InChI=1S/C23H20BrCl2FN6O5/c24-13-7-14(25)21(36)16(8-13)30-18(34)11-38-17-2-1-12(20(35)19(17)26)9-29-32-23-28-10-15(27)22(31-23)33-3-5-37-6-4-33/h1-2,7-10,35-36H,3-6,11H2,(H,30,34)(H,28,31,32)/b29-9-. The Bertz CT molecular complexity index is 1380. The zero-order chi connectivity index (χ0) is 27.2. The molecule has 200 valence electrons. The van der Waals surface area contributed by atoms with Crippen molar-refractivity contribution in [3.05, 3.63) is 56.4 Å². The third kappa shape index (κ3) is 6.72. The first-order valence-corrected chi connectivity index (χ1v) is 12.5. The van der Waals surface area contributed by atoms with Crippen LogP contribution in [0.3, 0.4) is 0 Å². The summed E-state index contributed by atoms with van der Waals surface area (Å²) in [5.41, 5.74) is 2.90. The second-order valence-corrected chi connectivity index (χ2v) is 9.47. The number of amides is 1. The predicted octanol–water partition coefficient (Wildman–Crippen LogP) is 4.40. The number of benzene rings is 2. The number of nitrogens with zero attached hydrogens (tertiary/aromatic N) is 4. The van der Waals surface area contributed by atoms with Gasteiger partial charge < -0.3 is 29.9 Å². The monoisotopic (exact) mass is 628 g/mol. The van der Waals surface area contributed by atoms with Crippen LogP contribution in [0, 0.1) is 5.82 Å². The Balaban J connectivity index is 1.37. The largest absolute Gasteiger partial charge is 0.506 e. The molecule has 0 spiro atoms. The predicted molar refractivity (Wildman–Crippen MR) is 144 cm³/mol. The van der Waals surface area contributed by atoms with E-state index in [2.05, 4.69) is 41.7 Å². The van der Waals surface area contributed by atoms with E-state index in [1.54, 1.807) is 4.90 Å². The maximum atomic E-state index is 14.2. The van der Waals surface area contributed by atoms with Gasteiger partial charge in [-0.3, -0.25) is 4.79 Å². The van der Waals surface area contributed by atoms with Crippen molar-refractivity contribution in [2.45, 2.75) is 0 Å². The summed E-state index contributed by atoms with van der Waals surface area (Å²) in [5, 5.41) is 26.8. The molecule has 4 N–H and O–H groups in total. The van der Waals surface area contributed by atoms with Gasteiger partial charge in [0.15, 0.2) is 24.0 Å². The van der Waals surface area contributed by atoms with Gasteiger partial charge in [0.1, 0.15) is 16.5 Å². The fraction of sp³-hybridized carbons (Fsp3) is 0.217. The van der Waals surface area contributed by atoms with E-state index in [1.165, 1.54) is 30.5 Å². The topological polar surface area (TPSA) is 141 Å². The van der Waals surface area contributed by atoms with Crippen LogP contribution < -0.4 is 20.4 Å². The number of halogens is 4. The molecular weight excluding hydrogens is 610 g/mol. The average Bonchev–Trinajstić information content (AvgIpc) is 2.90. The Morgan fingerprint density at radius 1 is 1.26 bits per heavy atom. The van der Waals surface area contributed by atoms with Crippen LogP contribution in [0.25, 0.3) is 0 Å². The molecule has 2 heterocycles. The summed E-state index contributed by atoms with van der Waals surface area (Å²) in [6.45, 7) is 1.47. The minimum atomic E-state index is -0.601. The van der Waals surface area contributed by atoms with E-state index < -0.39 is 18.3 Å². The number of carbonyl (C=O) groups excluding carboxylic acids is 1. The number of morpholine rings is 1. The smallest absolute Gasteiger partial charge is 0.262 e. The third-order valence-electron chi connectivity index (χ3n) is 5.18. The molecule has 2 aromatic carbocycles. The lowest BCUT2D eigenvalue weighted by atomic mass is 10.2. The number of ether oxygens (including phenoxy) is 2. The molecule has 1 aromatic heterocycles. The van der Waals surface area contributed by atoms with Crippen LogP contribution >= 0.6 is 39.1 Å². The van der Waals surface area contributed by atoms with E-state index in [1.807, 2.05) is 0 Å². The van der Waals surface area contributed by atoms with Gasteiger partial charge in [0.2, 0.25) is 5.95 Å². The molecule has 0 bridgehead atoms. The fourth-order valence-corrected chi connectivity index (χ4v) is 4.37. The number of phenols is 2. The molecule has 38 heavy (non-hydrogen) atoms. The fourth-order valence-electron chi connectivity index (χ4n) is 3.34. The molecule has 11 nitrogen and oxygen atoms in total. The van der Waals surface area contributed by atoms with Gasteiger partial charge in [-0.25, -0.2) is 14.8 Å². The first-order chi connectivity index (χ1) is 18.2. The zero-order valence-electron chi connectivity index (χ0n) is 19.4. The van der Waals surface area contributed by atoms with Gasteiger partial charge in [0.05, 0.1) is 36.3 Å². The molecule has 1 saturated heterocycles. The second-order valence-electron chi connectivity index (χ2n) is 7.77. The Labute approximate surface area is 234 Å². The van der Waals surface area contributed by atoms with Crippen molar-refractivity contribution in [1.29, 1.82) is 0 Å². The summed E-state index contributed by atoms with van der Waals surface area (Å²) in [6.07, 6.45) is 2.30. The number of aromatic hydroxyl groups is 2. The molecule has 0 unspecified atom stereocenters. The maximum Gasteiger partial charge on any atom is 0.262 e. The van der Waals surface area contributed by atoms with Crippen molar-refractivity contribution >= 4 is 68.7 Å². The molecule has 1 aliphatic rings. The van der Waals surface area contributed by atoms with Crippen molar-refractivity contribution in [2.24, 2.45) is 5.10 Å². The zero-order valence-corrected chi connectivity index (χ0v) is 22.5. The van der Waals surface area contributed by atoms with Crippen LogP contribution in [0.5, 0.6) is 17.2 Å². The summed E-state index contributed by atoms with van der Waals surface area (Å²) in [4.78, 5) is 22.0. The highest BCUT2D eigenvalue weighted by atomic mass is 79.9. The van der Waals surface area contributed by atoms with Crippen LogP contribution in [0.2, 0.25) is 10.0 Å². The van der Waals surface area contributed by atoms with Gasteiger partial charge in [0, 0.05) is 23.1 Å². The minimum Gasteiger partial charge on any atom is -0.506 e. The van der Waals surface area contributed by atoms with Gasteiger partial charge in [-0.05, 0) is 24.3 Å². The highest BCUT2D eigenvalue weighted by Gasteiger charge is 2.18. The van der Waals surface area contributed by atoms with Crippen LogP contribution in [0.1, 0.15) is 5.56 Å². The molecule has 15 heteroatoms. The summed E-state index contributed by atoms with van der Waals surface area (Å²) in [5.74, 6) is -1.57. The number of aromatic nitrogens is 2. The molecular formula is C23H20BrCl2FN6O5. The lowest BCUT2D eigenvalue weighted by Crippen LogP contribution is -2.37. The van der Waals surface area contributed by atoms with Crippen molar-refractivity contribution in [1.82, 2.24) is 9.97 Å². The lowest BCUT2D eigenvalue weighted by molar-refractivity contribution is -0.118. The van der Waals surface area contributed by atoms with E-state index in [0.29, 0.717) is 30.8 Å². The summed E-state index contributed by atoms with van der Waals surface area (Å²) >= 11 is 15.3. The van der Waals surface area contributed by atoms with Crippen LogP contribution in [-0.4, -0.2) is 65.2 Å². The van der Waals surface area contributed by atoms with E-state index in [0.717, 1.165) is 6.20 Å². The van der Waals surface area contributed by atoms with Gasteiger partial charge in [-0.1, -0.05) is 39.1 Å². The third-order valence-corrected chi connectivity index (χ3v) is 6.29. The molecule has 3 aromatic rings. The summed E-state index contributed by atoms with van der Waals surface area (Å²) < 4.78 is 25.4. The highest BCUT2D eigenvalue weighted by Crippen LogP contribution is 2.36. The van der Waals surface area contributed by atoms with Crippen molar-refractivity contribution in [3.8, 4) is 17.2 Å². The van der Waals surface area contributed by atoms with Crippen LogP contribution in [-0.2, 0) is 9.53 Å². The van der Waals surface area contributed by atoms with Crippen LogP contribution in [0.4, 0.5) is 21.8 Å². The average molecular weight is 630 g/mol. The molecule has 1 aliphatic heterocycles. The Morgan fingerprint density at radius 2 is 2.03 bits per heavy atom. The Morgan fingerprint density at radius 3 is 2.79 bits per heavy atom. The van der Waals surface area contributed by atoms with E-state index >= 15 is 0 Å². The minimum absolute atomic E-state index is 0.0398. The lowest BCUT2D eigenvalue weighted by Gasteiger charge is -2.27. The number of phenolic OH excluding ortho intramolecular Hbond substituents is 2. The highest BCUT2D eigenvalue weighted by molar-refractivity contribution is 9.10. The first kappa shape index (κ1) is 27.6.